The van der Waals surface area contributed by atoms with Crippen LogP contribution in [-0.2, 0) is 9.47 Å². The molecule has 1 saturated carbocycles. The van der Waals surface area contributed by atoms with E-state index >= 15 is 0 Å². The first-order valence-corrected chi connectivity index (χ1v) is 10.5. The van der Waals surface area contributed by atoms with Gasteiger partial charge in [-0.1, -0.05) is 17.7 Å². The molecule has 0 aromatic carbocycles. The first-order chi connectivity index (χ1) is 14.1. The van der Waals surface area contributed by atoms with Crippen molar-refractivity contribution in [3.63, 3.8) is 0 Å². The van der Waals surface area contributed by atoms with Gasteiger partial charge in [0, 0.05) is 32.6 Å². The Kier molecular flexibility index (Phi) is 6.39. The Morgan fingerprint density at radius 3 is 2.90 bits per heavy atom. The molecule has 0 amide bonds. The van der Waals surface area contributed by atoms with Crippen LogP contribution in [0.4, 0.5) is 5.82 Å². The second-order valence-electron chi connectivity index (χ2n) is 7.97. The van der Waals surface area contributed by atoms with Crippen molar-refractivity contribution >= 4 is 17.4 Å². The third kappa shape index (κ3) is 4.58. The molecule has 6 atom stereocenters. The number of aliphatic hydroxyl groups excluding tert-OH is 1. The SMILES string of the molecule is COC[C@@H]1C[C@@H](Oc2cc(N[C@@H]3C4=C(CC(Cl)C=C4)C[C@@H]3OC)ncn2)C[C@@H]1O. The molecule has 29 heavy (non-hydrogen) atoms. The van der Waals surface area contributed by atoms with E-state index in [0.29, 0.717) is 24.7 Å². The van der Waals surface area contributed by atoms with Crippen LogP contribution in [0.1, 0.15) is 25.7 Å². The van der Waals surface area contributed by atoms with Crippen LogP contribution in [0.2, 0.25) is 0 Å². The molecule has 3 aliphatic rings. The minimum atomic E-state index is -0.408. The number of aliphatic hydroxyl groups is 1. The molecular formula is C21H28ClN3O4. The van der Waals surface area contributed by atoms with Crippen molar-refractivity contribution in [1.29, 1.82) is 0 Å². The highest BCUT2D eigenvalue weighted by molar-refractivity contribution is 6.22. The Labute approximate surface area is 176 Å². The van der Waals surface area contributed by atoms with E-state index in [4.69, 9.17) is 25.8 Å². The molecule has 0 saturated heterocycles. The molecule has 3 aliphatic carbocycles. The lowest BCUT2D eigenvalue weighted by Gasteiger charge is -2.23. The van der Waals surface area contributed by atoms with Crippen molar-refractivity contribution < 1.29 is 19.3 Å². The minimum absolute atomic E-state index is 0.0116. The number of hydrogen-bond acceptors (Lipinski definition) is 7. The second kappa shape index (κ2) is 9.00. The summed E-state index contributed by atoms with van der Waals surface area (Å²) in [5.74, 6) is 1.28. The van der Waals surface area contributed by atoms with Crippen molar-refractivity contribution in [1.82, 2.24) is 9.97 Å². The molecular weight excluding hydrogens is 394 g/mol. The fourth-order valence-electron chi connectivity index (χ4n) is 4.58. The largest absolute Gasteiger partial charge is 0.474 e. The molecule has 7 nitrogen and oxygen atoms in total. The van der Waals surface area contributed by atoms with Gasteiger partial charge in [-0.3, -0.25) is 0 Å². The van der Waals surface area contributed by atoms with Gasteiger partial charge in [-0.15, -0.1) is 11.6 Å². The summed E-state index contributed by atoms with van der Waals surface area (Å²) in [5.41, 5.74) is 2.57. The summed E-state index contributed by atoms with van der Waals surface area (Å²) in [4.78, 5) is 8.60. The third-order valence-electron chi connectivity index (χ3n) is 6.02. The van der Waals surface area contributed by atoms with Gasteiger partial charge in [0.2, 0.25) is 5.88 Å². The topological polar surface area (TPSA) is 85.7 Å². The van der Waals surface area contributed by atoms with Crippen LogP contribution in [0.15, 0.2) is 35.7 Å². The maximum Gasteiger partial charge on any atom is 0.218 e. The van der Waals surface area contributed by atoms with Gasteiger partial charge in [0.15, 0.2) is 0 Å². The number of aromatic nitrogens is 2. The highest BCUT2D eigenvalue weighted by Gasteiger charge is 2.36. The van der Waals surface area contributed by atoms with E-state index in [9.17, 15) is 5.11 Å². The van der Waals surface area contributed by atoms with E-state index < -0.39 is 6.10 Å². The first-order valence-electron chi connectivity index (χ1n) is 10.1. The third-order valence-corrected chi connectivity index (χ3v) is 6.32. The standard InChI is InChI=1S/C21H28ClN3O4/c1-27-10-13-6-15(8-17(13)26)29-20-9-19(23-11-24-20)25-21-16-4-3-14(22)5-12(16)7-18(21)28-2/h3-4,9,11,13-15,17-18,21,26H,5-8,10H2,1-2H3,(H,23,24,25)/t13-,14?,15+,17-,18-,21+/m0/s1. The van der Waals surface area contributed by atoms with Crippen molar-refractivity contribution in [3.8, 4) is 5.88 Å². The molecule has 1 heterocycles. The van der Waals surface area contributed by atoms with Gasteiger partial charge in [-0.05, 0) is 24.8 Å². The number of methoxy groups -OCH3 is 2. The van der Waals surface area contributed by atoms with Crippen LogP contribution < -0.4 is 10.1 Å². The molecule has 158 valence electrons. The van der Waals surface area contributed by atoms with Crippen LogP contribution in [0.3, 0.4) is 0 Å². The van der Waals surface area contributed by atoms with Crippen LogP contribution in [0.5, 0.6) is 5.88 Å². The van der Waals surface area contributed by atoms with Crippen molar-refractivity contribution in [2.75, 3.05) is 26.1 Å². The summed E-state index contributed by atoms with van der Waals surface area (Å²) in [5, 5.41) is 13.7. The quantitative estimate of drug-likeness (QED) is 0.654. The number of rotatable bonds is 7. The van der Waals surface area contributed by atoms with Gasteiger partial charge in [-0.2, -0.15) is 0 Å². The molecule has 0 aliphatic heterocycles. The molecule has 1 aromatic heterocycles. The molecule has 0 spiro atoms. The highest BCUT2D eigenvalue weighted by atomic mass is 35.5. The molecule has 0 bridgehead atoms. The van der Waals surface area contributed by atoms with Gasteiger partial charge >= 0.3 is 0 Å². The summed E-state index contributed by atoms with van der Waals surface area (Å²) in [6, 6.07) is 1.82. The number of halogens is 1. The monoisotopic (exact) mass is 421 g/mol. The van der Waals surface area contributed by atoms with Crippen molar-refractivity contribution in [2.24, 2.45) is 5.92 Å². The number of hydrogen-bond donors (Lipinski definition) is 2. The zero-order valence-electron chi connectivity index (χ0n) is 16.8. The lowest BCUT2D eigenvalue weighted by molar-refractivity contribution is 0.0681. The Morgan fingerprint density at radius 2 is 2.10 bits per heavy atom. The normalized spacial score (nSPS) is 33.8. The van der Waals surface area contributed by atoms with E-state index in [1.807, 2.05) is 6.08 Å². The maximum atomic E-state index is 10.2. The fourth-order valence-corrected chi connectivity index (χ4v) is 4.84. The molecule has 0 radical (unpaired) electrons. The number of ether oxygens (including phenoxy) is 3. The fraction of sp³-hybridized carbons (Fsp3) is 0.619. The van der Waals surface area contributed by atoms with Crippen LogP contribution in [0, 0.1) is 5.92 Å². The van der Waals surface area contributed by atoms with Crippen molar-refractivity contribution in [3.05, 3.63) is 35.7 Å². The van der Waals surface area contributed by atoms with E-state index in [-0.39, 0.29) is 29.5 Å². The number of nitrogens with zero attached hydrogens (tertiary/aromatic N) is 2. The summed E-state index contributed by atoms with van der Waals surface area (Å²) < 4.78 is 16.9. The molecule has 4 rings (SSSR count). The summed E-state index contributed by atoms with van der Waals surface area (Å²) in [6.45, 7) is 0.534. The van der Waals surface area contributed by atoms with E-state index in [0.717, 1.165) is 19.3 Å². The Morgan fingerprint density at radius 1 is 1.24 bits per heavy atom. The van der Waals surface area contributed by atoms with Gasteiger partial charge in [0.1, 0.15) is 18.2 Å². The zero-order chi connectivity index (χ0) is 20.4. The smallest absolute Gasteiger partial charge is 0.218 e. The molecule has 2 N–H and O–H groups in total. The molecule has 1 unspecified atom stereocenters. The average molecular weight is 422 g/mol. The first kappa shape index (κ1) is 20.6. The van der Waals surface area contributed by atoms with E-state index in [2.05, 4.69) is 21.4 Å². The number of anilines is 1. The van der Waals surface area contributed by atoms with Crippen LogP contribution in [0.25, 0.3) is 0 Å². The van der Waals surface area contributed by atoms with Gasteiger partial charge in [0.05, 0.1) is 30.2 Å². The van der Waals surface area contributed by atoms with E-state index in [1.54, 1.807) is 20.3 Å². The summed E-state index contributed by atoms with van der Waals surface area (Å²) in [7, 11) is 3.38. The predicted octanol–water partition coefficient (Wildman–Crippen LogP) is 2.70. The number of alkyl halides is 1. The van der Waals surface area contributed by atoms with E-state index in [1.165, 1.54) is 17.5 Å². The maximum absolute atomic E-state index is 10.2. The Balaban J connectivity index is 1.43. The number of nitrogens with one attached hydrogen (secondary N) is 1. The molecule has 1 aromatic rings. The van der Waals surface area contributed by atoms with Crippen LogP contribution >= 0.6 is 11.6 Å². The summed E-state index contributed by atoms with van der Waals surface area (Å²) in [6.07, 6.45) is 8.22. The Hall–Kier alpha value is -1.67. The lowest BCUT2D eigenvalue weighted by atomic mass is 9.98. The molecule has 1 fully saturated rings. The zero-order valence-corrected chi connectivity index (χ0v) is 17.5. The lowest BCUT2D eigenvalue weighted by Crippen LogP contribution is -2.32. The van der Waals surface area contributed by atoms with Crippen LogP contribution in [-0.4, -0.2) is 65.6 Å². The highest BCUT2D eigenvalue weighted by Crippen LogP contribution is 2.38. The predicted molar refractivity (Wildman–Crippen MR) is 110 cm³/mol. The van der Waals surface area contributed by atoms with Gasteiger partial charge < -0.3 is 24.6 Å². The minimum Gasteiger partial charge on any atom is -0.474 e. The second-order valence-corrected chi connectivity index (χ2v) is 8.53. The average Bonchev–Trinajstić information content (AvgIpc) is 3.21. The molecule has 8 heteroatoms. The van der Waals surface area contributed by atoms with Crippen molar-refractivity contribution in [2.45, 2.75) is 55.4 Å². The number of allylic oxidation sites excluding steroid dienone is 1. The van der Waals surface area contributed by atoms with Gasteiger partial charge in [-0.25, -0.2) is 9.97 Å². The Bertz CT molecular complexity index is 787. The van der Waals surface area contributed by atoms with Gasteiger partial charge in [0.25, 0.3) is 0 Å². The summed E-state index contributed by atoms with van der Waals surface area (Å²) >= 11 is 6.28.